The minimum atomic E-state index is -0.0208. The van der Waals surface area contributed by atoms with E-state index < -0.39 is 0 Å². The third kappa shape index (κ3) is 2.92. The molecule has 2 aromatic heterocycles. The molecule has 5 nitrogen and oxygen atoms in total. The van der Waals surface area contributed by atoms with E-state index in [1.54, 1.807) is 6.20 Å². The van der Waals surface area contributed by atoms with Crippen molar-refractivity contribution in [2.45, 2.75) is 33.1 Å². The van der Waals surface area contributed by atoms with Crippen molar-refractivity contribution in [3.63, 3.8) is 0 Å². The molecule has 2 heterocycles. The number of nitrogens with one attached hydrogen (secondary N) is 1. The third-order valence-electron chi connectivity index (χ3n) is 2.87. The number of hydrogen-bond donors (Lipinski definition) is 1. The van der Waals surface area contributed by atoms with Gasteiger partial charge in [-0.3, -0.25) is 0 Å². The molecule has 2 aromatic rings. The number of anilines is 1. The first kappa shape index (κ1) is 13.5. The fraction of sp³-hybridized carbons (Fsp3) is 0.500. The maximum Gasteiger partial charge on any atom is 0.198 e. The standard InChI is InChI=1S/C14H21N5/c1-6-15-11-9-10(14(2,3)4)17-12(18-11)13-16-7-8-19(13)5/h7-9H,6H2,1-5H3,(H,15,17,18). The Hall–Kier alpha value is -1.91. The van der Waals surface area contributed by atoms with Crippen molar-refractivity contribution in [2.75, 3.05) is 11.9 Å². The van der Waals surface area contributed by atoms with E-state index in [1.807, 2.05) is 23.9 Å². The first-order chi connectivity index (χ1) is 8.91. The lowest BCUT2D eigenvalue weighted by atomic mass is 9.92. The predicted molar refractivity (Wildman–Crippen MR) is 77.1 cm³/mol. The van der Waals surface area contributed by atoms with Crippen molar-refractivity contribution in [3.05, 3.63) is 24.2 Å². The zero-order chi connectivity index (χ0) is 14.0. The zero-order valence-corrected chi connectivity index (χ0v) is 12.2. The smallest absolute Gasteiger partial charge is 0.198 e. The monoisotopic (exact) mass is 259 g/mol. The first-order valence-electron chi connectivity index (χ1n) is 6.53. The van der Waals surface area contributed by atoms with Gasteiger partial charge >= 0.3 is 0 Å². The second-order valence-corrected chi connectivity index (χ2v) is 5.60. The number of imidazole rings is 1. The second kappa shape index (κ2) is 4.99. The molecule has 19 heavy (non-hydrogen) atoms. The van der Waals surface area contributed by atoms with Gasteiger partial charge in [0.15, 0.2) is 11.6 Å². The van der Waals surface area contributed by atoms with E-state index in [-0.39, 0.29) is 5.41 Å². The minimum Gasteiger partial charge on any atom is -0.370 e. The van der Waals surface area contributed by atoms with E-state index in [1.165, 1.54) is 0 Å². The van der Waals surface area contributed by atoms with Crippen LogP contribution in [-0.2, 0) is 12.5 Å². The van der Waals surface area contributed by atoms with Crippen LogP contribution in [0.15, 0.2) is 18.5 Å². The van der Waals surface area contributed by atoms with Gasteiger partial charge in [0.1, 0.15) is 5.82 Å². The Bertz CT molecular complexity index is 565. The molecule has 0 aromatic carbocycles. The molecule has 0 amide bonds. The van der Waals surface area contributed by atoms with Gasteiger partial charge in [-0.05, 0) is 6.92 Å². The van der Waals surface area contributed by atoms with Gasteiger partial charge in [-0.2, -0.15) is 0 Å². The van der Waals surface area contributed by atoms with Gasteiger partial charge in [0.2, 0.25) is 0 Å². The summed E-state index contributed by atoms with van der Waals surface area (Å²) in [5, 5.41) is 3.25. The Labute approximate surface area is 114 Å². The molecule has 0 aliphatic heterocycles. The summed E-state index contributed by atoms with van der Waals surface area (Å²) in [7, 11) is 1.95. The van der Waals surface area contributed by atoms with Crippen LogP contribution in [-0.4, -0.2) is 26.1 Å². The minimum absolute atomic E-state index is 0.0208. The number of rotatable bonds is 3. The molecule has 5 heteroatoms. The van der Waals surface area contributed by atoms with E-state index >= 15 is 0 Å². The Morgan fingerprint density at radius 3 is 2.53 bits per heavy atom. The van der Waals surface area contributed by atoms with E-state index in [9.17, 15) is 0 Å². The van der Waals surface area contributed by atoms with Crippen molar-refractivity contribution in [2.24, 2.45) is 7.05 Å². The third-order valence-corrected chi connectivity index (χ3v) is 2.87. The molecule has 0 unspecified atom stereocenters. The lowest BCUT2D eigenvalue weighted by Gasteiger charge is -2.19. The van der Waals surface area contributed by atoms with Crippen LogP contribution in [0.5, 0.6) is 0 Å². The van der Waals surface area contributed by atoms with Crippen molar-refractivity contribution in [1.29, 1.82) is 0 Å². The normalized spacial score (nSPS) is 11.6. The maximum atomic E-state index is 4.66. The molecule has 2 rings (SSSR count). The van der Waals surface area contributed by atoms with E-state index in [4.69, 9.17) is 0 Å². The Balaban J connectivity index is 2.55. The molecule has 0 saturated carbocycles. The molecule has 0 atom stereocenters. The largest absolute Gasteiger partial charge is 0.370 e. The summed E-state index contributed by atoms with van der Waals surface area (Å²) >= 11 is 0. The van der Waals surface area contributed by atoms with Crippen LogP contribution in [0.4, 0.5) is 5.82 Å². The average Bonchev–Trinajstić information content (AvgIpc) is 2.74. The molecule has 0 fully saturated rings. The van der Waals surface area contributed by atoms with Crippen molar-refractivity contribution in [1.82, 2.24) is 19.5 Å². The first-order valence-corrected chi connectivity index (χ1v) is 6.53. The van der Waals surface area contributed by atoms with Crippen LogP contribution >= 0.6 is 0 Å². The van der Waals surface area contributed by atoms with Gasteiger partial charge in [0.25, 0.3) is 0 Å². The highest BCUT2D eigenvalue weighted by Gasteiger charge is 2.19. The van der Waals surface area contributed by atoms with Crippen LogP contribution in [0.2, 0.25) is 0 Å². The molecular weight excluding hydrogens is 238 g/mol. The molecule has 0 bridgehead atoms. The van der Waals surface area contributed by atoms with Crippen molar-refractivity contribution in [3.8, 4) is 11.6 Å². The number of aromatic nitrogens is 4. The van der Waals surface area contributed by atoms with Gasteiger partial charge in [-0.15, -0.1) is 0 Å². The zero-order valence-electron chi connectivity index (χ0n) is 12.2. The topological polar surface area (TPSA) is 55.6 Å². The van der Waals surface area contributed by atoms with Gasteiger partial charge in [0, 0.05) is 37.5 Å². The quantitative estimate of drug-likeness (QED) is 0.920. The van der Waals surface area contributed by atoms with E-state index in [0.29, 0.717) is 5.82 Å². The molecule has 0 saturated heterocycles. The summed E-state index contributed by atoms with van der Waals surface area (Å²) in [6.07, 6.45) is 3.66. The number of aryl methyl sites for hydroxylation is 1. The van der Waals surface area contributed by atoms with Crippen molar-refractivity contribution < 1.29 is 0 Å². The van der Waals surface area contributed by atoms with Gasteiger partial charge in [0.05, 0.1) is 5.69 Å². The summed E-state index contributed by atoms with van der Waals surface area (Å²) in [4.78, 5) is 13.5. The predicted octanol–water partition coefficient (Wildman–Crippen LogP) is 2.61. The fourth-order valence-electron chi connectivity index (χ4n) is 1.78. The summed E-state index contributed by atoms with van der Waals surface area (Å²) in [6.45, 7) is 9.33. The second-order valence-electron chi connectivity index (χ2n) is 5.60. The van der Waals surface area contributed by atoms with Gasteiger partial charge in [-0.1, -0.05) is 20.8 Å². The summed E-state index contributed by atoms with van der Waals surface area (Å²) < 4.78 is 1.93. The van der Waals surface area contributed by atoms with Crippen molar-refractivity contribution >= 4 is 5.82 Å². The lowest BCUT2D eigenvalue weighted by Crippen LogP contribution is -2.16. The Morgan fingerprint density at radius 2 is 2.00 bits per heavy atom. The van der Waals surface area contributed by atoms with Gasteiger partial charge < -0.3 is 9.88 Å². The number of nitrogens with zero attached hydrogens (tertiary/aromatic N) is 4. The molecule has 0 aliphatic rings. The van der Waals surface area contributed by atoms with Gasteiger partial charge in [-0.25, -0.2) is 15.0 Å². The molecule has 1 N–H and O–H groups in total. The highest BCUT2D eigenvalue weighted by molar-refractivity contribution is 5.50. The molecule has 0 spiro atoms. The summed E-state index contributed by atoms with van der Waals surface area (Å²) in [5.74, 6) is 2.29. The number of hydrogen-bond acceptors (Lipinski definition) is 4. The Kier molecular flexibility index (Phi) is 3.55. The van der Waals surface area contributed by atoms with Crippen LogP contribution in [0, 0.1) is 0 Å². The highest BCUT2D eigenvalue weighted by atomic mass is 15.1. The molecule has 102 valence electrons. The SMILES string of the molecule is CCNc1cc(C(C)(C)C)nc(-c2nccn2C)n1. The Morgan fingerprint density at radius 1 is 1.26 bits per heavy atom. The highest BCUT2D eigenvalue weighted by Crippen LogP contribution is 2.24. The van der Waals surface area contributed by atoms with E-state index in [2.05, 4.69) is 48.0 Å². The van der Waals surface area contributed by atoms with E-state index in [0.717, 1.165) is 23.9 Å². The van der Waals surface area contributed by atoms with Crippen LogP contribution in [0.3, 0.4) is 0 Å². The average molecular weight is 259 g/mol. The summed E-state index contributed by atoms with van der Waals surface area (Å²) in [5.41, 5.74) is 0.990. The maximum absolute atomic E-state index is 4.66. The van der Waals surface area contributed by atoms with Crippen LogP contribution < -0.4 is 5.32 Å². The van der Waals surface area contributed by atoms with Crippen LogP contribution in [0.25, 0.3) is 11.6 Å². The van der Waals surface area contributed by atoms with Crippen LogP contribution in [0.1, 0.15) is 33.4 Å². The summed E-state index contributed by atoms with van der Waals surface area (Å²) in [6, 6.07) is 2.01. The lowest BCUT2D eigenvalue weighted by molar-refractivity contribution is 0.567. The fourth-order valence-corrected chi connectivity index (χ4v) is 1.78. The molecule has 0 radical (unpaired) electrons. The molecular formula is C14H21N5. The molecule has 0 aliphatic carbocycles.